The number of unbranched alkanes of at least 4 members (excludes halogenated alkanes) is 6. The van der Waals surface area contributed by atoms with Crippen LogP contribution in [0, 0.1) is 0 Å². The summed E-state index contributed by atoms with van der Waals surface area (Å²) in [6, 6.07) is 53.8. The summed E-state index contributed by atoms with van der Waals surface area (Å²) >= 11 is 0. The van der Waals surface area contributed by atoms with Crippen molar-refractivity contribution in [1.29, 1.82) is 0 Å². The van der Waals surface area contributed by atoms with Crippen LogP contribution in [-0.4, -0.2) is 0 Å². The molecule has 0 saturated carbocycles. The van der Waals surface area contributed by atoms with Crippen LogP contribution in [0.15, 0.2) is 159 Å². The van der Waals surface area contributed by atoms with Gasteiger partial charge in [0.15, 0.2) is 0 Å². The predicted octanol–water partition coefficient (Wildman–Crippen LogP) is 16.1. The monoisotopic (exact) mass is 720 g/mol. The van der Waals surface area contributed by atoms with E-state index in [0.29, 0.717) is 0 Å². The van der Waals surface area contributed by atoms with E-state index < -0.39 is 0 Å². The van der Waals surface area contributed by atoms with Gasteiger partial charge < -0.3 is 9.80 Å². The minimum Gasteiger partial charge on any atom is -0.310 e. The standard InChI is InChI=1S/C53H56N2/c1-5-9-11-19-37-53(38-20-12-10-6-2)51-39-47(54(43-21-15-13-16-22-43)45-29-25-41(7-3)26-30-45)33-35-49(51)50-36-34-48(40-52(50)53)55(44-23-17-14-18-24-44)46-31-27-42(8-4)28-32-46/h7-8,13-18,21-36,39-40H,3-6,9-12,19-20,37-38H2,1-2H3. The molecule has 0 N–H and O–H groups in total. The number of fused-ring (bicyclic) bond motifs is 3. The largest absolute Gasteiger partial charge is 0.310 e. The molecule has 0 atom stereocenters. The van der Waals surface area contributed by atoms with Crippen LogP contribution in [-0.2, 0) is 5.41 Å². The Hall–Kier alpha value is -5.60. The van der Waals surface area contributed by atoms with E-state index in [1.807, 2.05) is 12.2 Å². The Bertz CT molecular complexity index is 2000. The molecule has 1 aliphatic carbocycles. The number of hydrogen-bond acceptors (Lipinski definition) is 2. The van der Waals surface area contributed by atoms with Crippen molar-refractivity contribution >= 4 is 46.3 Å². The Kier molecular flexibility index (Phi) is 12.1. The number of benzene rings is 6. The second-order valence-corrected chi connectivity index (χ2v) is 15.1. The molecular weight excluding hydrogens is 665 g/mol. The molecule has 0 fully saturated rings. The minimum absolute atomic E-state index is 0.0950. The highest BCUT2D eigenvalue weighted by Crippen LogP contribution is 2.57. The lowest BCUT2D eigenvalue weighted by atomic mass is 9.70. The van der Waals surface area contributed by atoms with Gasteiger partial charge in [-0.2, -0.15) is 0 Å². The van der Waals surface area contributed by atoms with Gasteiger partial charge in [-0.15, -0.1) is 0 Å². The minimum atomic E-state index is -0.0950. The van der Waals surface area contributed by atoms with Crippen molar-refractivity contribution in [2.75, 3.05) is 9.80 Å². The average molecular weight is 721 g/mol. The first-order valence-electron chi connectivity index (χ1n) is 20.5. The molecule has 0 amide bonds. The third-order valence-electron chi connectivity index (χ3n) is 11.6. The van der Waals surface area contributed by atoms with E-state index in [0.717, 1.165) is 46.7 Å². The predicted molar refractivity (Wildman–Crippen MR) is 240 cm³/mol. The van der Waals surface area contributed by atoms with E-state index in [1.165, 1.54) is 85.0 Å². The summed E-state index contributed by atoms with van der Waals surface area (Å²) in [6.45, 7) is 12.7. The number of anilines is 6. The first-order valence-corrected chi connectivity index (χ1v) is 20.5. The van der Waals surface area contributed by atoms with Crippen molar-refractivity contribution in [3.63, 3.8) is 0 Å². The molecule has 0 aromatic heterocycles. The van der Waals surface area contributed by atoms with Gasteiger partial charge in [0.2, 0.25) is 0 Å². The van der Waals surface area contributed by atoms with E-state index in [4.69, 9.17) is 0 Å². The summed E-state index contributed by atoms with van der Waals surface area (Å²) in [5.74, 6) is 0. The summed E-state index contributed by atoms with van der Waals surface area (Å²) in [5.41, 5.74) is 14.9. The smallest absolute Gasteiger partial charge is 0.0465 e. The Balaban J connectivity index is 1.41. The topological polar surface area (TPSA) is 6.48 Å². The molecule has 0 saturated heterocycles. The van der Waals surface area contributed by atoms with Crippen LogP contribution in [0.3, 0.4) is 0 Å². The van der Waals surface area contributed by atoms with Crippen LogP contribution in [0.1, 0.15) is 100 Å². The fourth-order valence-electron chi connectivity index (χ4n) is 8.69. The molecule has 0 spiro atoms. The summed E-state index contributed by atoms with van der Waals surface area (Å²) in [7, 11) is 0. The first kappa shape index (κ1) is 37.7. The molecule has 1 aliphatic rings. The second kappa shape index (κ2) is 17.7. The lowest BCUT2D eigenvalue weighted by Gasteiger charge is -2.35. The molecule has 0 unspecified atom stereocenters. The van der Waals surface area contributed by atoms with Gasteiger partial charge in [0, 0.05) is 39.5 Å². The fourth-order valence-corrected chi connectivity index (χ4v) is 8.69. The fraction of sp³-hybridized carbons (Fsp3) is 0.245. The van der Waals surface area contributed by atoms with Gasteiger partial charge in [-0.25, -0.2) is 0 Å². The van der Waals surface area contributed by atoms with Gasteiger partial charge in [-0.05, 0) is 119 Å². The van der Waals surface area contributed by atoms with Crippen LogP contribution < -0.4 is 9.80 Å². The summed E-state index contributed by atoms with van der Waals surface area (Å²) in [6.07, 6.45) is 16.1. The number of para-hydroxylation sites is 2. The van der Waals surface area contributed by atoms with Gasteiger partial charge >= 0.3 is 0 Å². The summed E-state index contributed by atoms with van der Waals surface area (Å²) in [4.78, 5) is 4.84. The average Bonchev–Trinajstić information content (AvgIpc) is 3.50. The van der Waals surface area contributed by atoms with Crippen molar-refractivity contribution < 1.29 is 0 Å². The lowest BCUT2D eigenvalue weighted by molar-refractivity contribution is 0.401. The zero-order valence-electron chi connectivity index (χ0n) is 32.9. The van der Waals surface area contributed by atoms with Crippen LogP contribution >= 0.6 is 0 Å². The first-order chi connectivity index (χ1) is 27.1. The molecule has 6 aromatic rings. The van der Waals surface area contributed by atoms with Gasteiger partial charge in [-0.1, -0.05) is 163 Å². The van der Waals surface area contributed by atoms with Crippen molar-refractivity contribution in [1.82, 2.24) is 0 Å². The Morgan fingerprint density at radius 1 is 0.418 bits per heavy atom. The maximum atomic E-state index is 4.01. The van der Waals surface area contributed by atoms with Crippen molar-refractivity contribution in [2.45, 2.75) is 83.5 Å². The molecule has 0 aliphatic heterocycles. The van der Waals surface area contributed by atoms with Gasteiger partial charge in [-0.3, -0.25) is 0 Å². The Morgan fingerprint density at radius 2 is 0.782 bits per heavy atom. The molecule has 6 aromatic carbocycles. The molecule has 278 valence electrons. The zero-order chi connectivity index (χ0) is 38.0. The van der Waals surface area contributed by atoms with E-state index in [-0.39, 0.29) is 5.41 Å². The zero-order valence-corrected chi connectivity index (χ0v) is 32.9. The van der Waals surface area contributed by atoms with Crippen molar-refractivity contribution in [3.05, 3.63) is 181 Å². The van der Waals surface area contributed by atoms with Crippen LogP contribution in [0.25, 0.3) is 23.3 Å². The molecule has 7 rings (SSSR count). The lowest BCUT2D eigenvalue weighted by Crippen LogP contribution is -2.26. The SMILES string of the molecule is C=Cc1ccc(N(c2ccccc2)c2ccc3c(c2)C(CCCCCC)(CCCCCC)c2cc(N(c4ccccc4)c4ccc(C=C)cc4)ccc2-3)cc1. The highest BCUT2D eigenvalue weighted by Gasteiger charge is 2.43. The van der Waals surface area contributed by atoms with E-state index in [1.54, 1.807) is 0 Å². The maximum absolute atomic E-state index is 4.01. The summed E-state index contributed by atoms with van der Waals surface area (Å²) in [5, 5.41) is 0. The number of rotatable bonds is 18. The molecule has 0 radical (unpaired) electrons. The van der Waals surface area contributed by atoms with E-state index in [9.17, 15) is 0 Å². The molecule has 2 nitrogen and oxygen atoms in total. The number of hydrogen-bond donors (Lipinski definition) is 0. The third-order valence-corrected chi connectivity index (χ3v) is 11.6. The highest BCUT2D eigenvalue weighted by molar-refractivity contribution is 5.88. The second-order valence-electron chi connectivity index (χ2n) is 15.1. The highest BCUT2D eigenvalue weighted by atomic mass is 15.1. The molecule has 55 heavy (non-hydrogen) atoms. The van der Waals surface area contributed by atoms with Crippen LogP contribution in [0.4, 0.5) is 34.1 Å². The maximum Gasteiger partial charge on any atom is 0.0465 e. The van der Waals surface area contributed by atoms with E-state index >= 15 is 0 Å². The summed E-state index contributed by atoms with van der Waals surface area (Å²) < 4.78 is 0. The van der Waals surface area contributed by atoms with Crippen molar-refractivity contribution in [3.8, 4) is 11.1 Å². The van der Waals surface area contributed by atoms with Crippen LogP contribution in [0.2, 0.25) is 0 Å². The van der Waals surface area contributed by atoms with Gasteiger partial charge in [0.25, 0.3) is 0 Å². The number of nitrogens with zero attached hydrogens (tertiary/aromatic N) is 2. The molecule has 0 bridgehead atoms. The van der Waals surface area contributed by atoms with E-state index in [2.05, 4.69) is 182 Å². The Morgan fingerprint density at radius 3 is 1.15 bits per heavy atom. The normalized spacial score (nSPS) is 12.5. The van der Waals surface area contributed by atoms with Gasteiger partial charge in [0.1, 0.15) is 0 Å². The van der Waals surface area contributed by atoms with Gasteiger partial charge in [0.05, 0.1) is 0 Å². The van der Waals surface area contributed by atoms with Crippen LogP contribution in [0.5, 0.6) is 0 Å². The molecule has 0 heterocycles. The third kappa shape index (κ3) is 7.96. The molecule has 2 heteroatoms. The van der Waals surface area contributed by atoms with Crippen molar-refractivity contribution in [2.24, 2.45) is 0 Å². The quantitative estimate of drug-likeness (QED) is 0.0816. The molecular formula is C53H56N2. The Labute approximate surface area is 330 Å².